The summed E-state index contributed by atoms with van der Waals surface area (Å²) in [6.45, 7) is 9.09. The van der Waals surface area contributed by atoms with Gasteiger partial charge in [-0.2, -0.15) is 0 Å². The number of amides is 2. The molecule has 0 atom stereocenters. The van der Waals surface area contributed by atoms with Gasteiger partial charge in [0.1, 0.15) is 5.01 Å². The minimum atomic E-state index is -0.0946. The number of anilines is 2. The summed E-state index contributed by atoms with van der Waals surface area (Å²) in [5.41, 5.74) is 3.00. The first-order valence-corrected chi connectivity index (χ1v) is 11.3. The topological polar surface area (TPSA) is 87.2 Å². The van der Waals surface area contributed by atoms with Crippen molar-refractivity contribution in [2.75, 3.05) is 23.7 Å². The van der Waals surface area contributed by atoms with Gasteiger partial charge >= 0.3 is 0 Å². The van der Waals surface area contributed by atoms with E-state index >= 15 is 0 Å². The summed E-state index contributed by atoms with van der Waals surface area (Å²) >= 11 is 1.42. The molecule has 0 bridgehead atoms. The van der Waals surface area contributed by atoms with Gasteiger partial charge in [0.05, 0.1) is 6.54 Å². The van der Waals surface area contributed by atoms with Crippen LogP contribution in [0.4, 0.5) is 10.8 Å². The first-order chi connectivity index (χ1) is 14.3. The van der Waals surface area contributed by atoms with Crippen molar-refractivity contribution in [1.82, 2.24) is 15.1 Å². The summed E-state index contributed by atoms with van der Waals surface area (Å²) < 4.78 is 0. The Morgan fingerprint density at radius 2 is 1.93 bits per heavy atom. The van der Waals surface area contributed by atoms with Crippen molar-refractivity contribution in [2.24, 2.45) is 5.92 Å². The Bertz CT molecular complexity index is 891. The monoisotopic (exact) mass is 429 g/mol. The lowest BCUT2D eigenvalue weighted by Crippen LogP contribution is -2.37. The number of carbonyl (C=O) groups is 2. The molecule has 2 amide bonds. The Balaban J connectivity index is 1.48. The van der Waals surface area contributed by atoms with Gasteiger partial charge in [-0.05, 0) is 49.8 Å². The fourth-order valence-corrected chi connectivity index (χ4v) is 4.21. The molecule has 0 saturated heterocycles. The molecule has 0 spiro atoms. The van der Waals surface area contributed by atoms with E-state index in [1.54, 1.807) is 0 Å². The predicted molar refractivity (Wildman–Crippen MR) is 121 cm³/mol. The quantitative estimate of drug-likeness (QED) is 0.600. The molecule has 1 fully saturated rings. The molecule has 1 aromatic carbocycles. The largest absolute Gasteiger partial charge is 0.325 e. The van der Waals surface area contributed by atoms with E-state index in [0.717, 1.165) is 41.1 Å². The molecule has 1 saturated carbocycles. The average Bonchev–Trinajstić information content (AvgIpc) is 3.43. The number of carbonyl (C=O) groups excluding carboxylic acids is 2. The van der Waals surface area contributed by atoms with E-state index in [4.69, 9.17) is 0 Å². The van der Waals surface area contributed by atoms with E-state index in [1.165, 1.54) is 11.3 Å². The molecule has 1 heterocycles. The van der Waals surface area contributed by atoms with Gasteiger partial charge in [0.2, 0.25) is 16.9 Å². The third-order valence-electron chi connectivity index (χ3n) is 5.00. The lowest BCUT2D eigenvalue weighted by atomic mass is 10.1. The third-order valence-corrected chi connectivity index (χ3v) is 5.86. The van der Waals surface area contributed by atoms with Crippen molar-refractivity contribution >= 4 is 34.0 Å². The minimum absolute atomic E-state index is 0.0431. The second kappa shape index (κ2) is 10.1. The van der Waals surface area contributed by atoms with Gasteiger partial charge in [-0.1, -0.05) is 37.3 Å². The van der Waals surface area contributed by atoms with Crippen LogP contribution < -0.4 is 10.6 Å². The molecular weight excluding hydrogens is 398 g/mol. The smallest absolute Gasteiger partial charge is 0.238 e. The zero-order valence-electron chi connectivity index (χ0n) is 18.2. The number of hydrogen-bond donors (Lipinski definition) is 2. The van der Waals surface area contributed by atoms with E-state index in [2.05, 4.69) is 39.6 Å². The number of benzene rings is 1. The number of aryl methyl sites for hydroxylation is 2. The third kappa shape index (κ3) is 6.88. The van der Waals surface area contributed by atoms with Crippen LogP contribution in [0.3, 0.4) is 0 Å². The second-order valence-electron chi connectivity index (χ2n) is 8.47. The molecule has 1 aliphatic carbocycles. The number of aromatic nitrogens is 2. The van der Waals surface area contributed by atoms with Crippen molar-refractivity contribution in [3.05, 3.63) is 34.3 Å². The van der Waals surface area contributed by atoms with Crippen LogP contribution in [0, 0.1) is 19.8 Å². The maximum atomic E-state index is 12.6. The highest BCUT2D eigenvalue weighted by Gasteiger charge is 2.30. The van der Waals surface area contributed by atoms with Gasteiger partial charge in [0.25, 0.3) is 0 Å². The summed E-state index contributed by atoms with van der Waals surface area (Å²) in [6.07, 6.45) is 3.34. The van der Waals surface area contributed by atoms with Crippen LogP contribution in [0.5, 0.6) is 0 Å². The molecule has 3 rings (SSSR count). The molecule has 30 heavy (non-hydrogen) atoms. The lowest BCUT2D eigenvalue weighted by molar-refractivity contribution is -0.119. The molecule has 162 valence electrons. The van der Waals surface area contributed by atoms with Gasteiger partial charge < -0.3 is 10.6 Å². The molecule has 1 aliphatic rings. The highest BCUT2D eigenvalue weighted by atomic mass is 32.1. The zero-order valence-corrected chi connectivity index (χ0v) is 19.0. The maximum absolute atomic E-state index is 12.6. The molecular formula is C22H31N5O2S. The lowest BCUT2D eigenvalue weighted by Gasteiger charge is -2.21. The number of nitrogens with zero attached hydrogens (tertiary/aromatic N) is 3. The van der Waals surface area contributed by atoms with Crippen LogP contribution in [-0.4, -0.2) is 46.0 Å². The van der Waals surface area contributed by atoms with Gasteiger partial charge in [-0.3, -0.25) is 14.5 Å². The van der Waals surface area contributed by atoms with Crippen LogP contribution in [0.1, 0.15) is 49.2 Å². The summed E-state index contributed by atoms with van der Waals surface area (Å²) in [6, 6.07) is 6.41. The van der Waals surface area contributed by atoms with Crippen molar-refractivity contribution in [3.8, 4) is 0 Å². The van der Waals surface area contributed by atoms with E-state index in [1.807, 2.05) is 32.0 Å². The maximum Gasteiger partial charge on any atom is 0.238 e. The Morgan fingerprint density at radius 1 is 1.17 bits per heavy atom. The number of hydrogen-bond acceptors (Lipinski definition) is 6. The number of nitrogens with one attached hydrogen (secondary N) is 2. The van der Waals surface area contributed by atoms with Gasteiger partial charge in [-0.15, -0.1) is 10.2 Å². The molecule has 0 aliphatic heterocycles. The van der Waals surface area contributed by atoms with Crippen molar-refractivity contribution in [1.29, 1.82) is 0 Å². The molecule has 1 aromatic heterocycles. The zero-order chi connectivity index (χ0) is 21.7. The predicted octanol–water partition coefficient (Wildman–Crippen LogP) is 3.79. The fraction of sp³-hybridized carbons (Fsp3) is 0.545. The van der Waals surface area contributed by atoms with Crippen LogP contribution >= 0.6 is 11.3 Å². The van der Waals surface area contributed by atoms with Crippen LogP contribution in [0.2, 0.25) is 0 Å². The second-order valence-corrected chi connectivity index (χ2v) is 9.53. The number of rotatable bonds is 10. The Morgan fingerprint density at radius 3 is 2.63 bits per heavy atom. The van der Waals surface area contributed by atoms with Gasteiger partial charge in [0.15, 0.2) is 0 Å². The molecule has 2 aromatic rings. The summed E-state index contributed by atoms with van der Waals surface area (Å²) in [5, 5.41) is 15.5. The SMILES string of the molecule is Cc1ccc(C)c(NC(=O)CN(CCC(=O)Nc2nnc(CC(C)C)s2)C2CC2)c1. The first kappa shape index (κ1) is 22.4. The van der Waals surface area contributed by atoms with Crippen molar-refractivity contribution < 1.29 is 9.59 Å². The molecule has 7 nitrogen and oxygen atoms in total. The Labute approximate surface area is 182 Å². The summed E-state index contributed by atoms with van der Waals surface area (Å²) in [5.74, 6) is 0.365. The normalized spacial score (nSPS) is 13.7. The highest BCUT2D eigenvalue weighted by molar-refractivity contribution is 7.15. The first-order valence-electron chi connectivity index (χ1n) is 10.5. The van der Waals surface area contributed by atoms with E-state index in [0.29, 0.717) is 36.6 Å². The Kier molecular flexibility index (Phi) is 7.55. The molecule has 8 heteroatoms. The van der Waals surface area contributed by atoms with Gasteiger partial charge in [0, 0.05) is 31.1 Å². The standard InChI is InChI=1S/C22H31N5O2S/c1-14(2)11-21-25-26-22(30-21)24-19(28)9-10-27(17-7-8-17)13-20(29)23-18-12-15(3)5-6-16(18)4/h5-6,12,14,17H,7-11,13H2,1-4H3,(H,23,29)(H,24,26,28). The molecule has 0 unspecified atom stereocenters. The van der Waals surface area contributed by atoms with E-state index in [9.17, 15) is 9.59 Å². The van der Waals surface area contributed by atoms with Crippen molar-refractivity contribution in [2.45, 2.75) is 59.4 Å². The highest BCUT2D eigenvalue weighted by Crippen LogP contribution is 2.27. The van der Waals surface area contributed by atoms with Crippen molar-refractivity contribution in [3.63, 3.8) is 0 Å². The fourth-order valence-electron chi connectivity index (χ4n) is 3.24. The molecule has 0 radical (unpaired) electrons. The van der Waals surface area contributed by atoms with E-state index < -0.39 is 0 Å². The summed E-state index contributed by atoms with van der Waals surface area (Å²) in [4.78, 5) is 27.0. The van der Waals surface area contributed by atoms with Crippen LogP contribution in [0.15, 0.2) is 18.2 Å². The molecule has 2 N–H and O–H groups in total. The summed E-state index contributed by atoms with van der Waals surface area (Å²) in [7, 11) is 0. The van der Waals surface area contributed by atoms with Crippen LogP contribution in [-0.2, 0) is 16.0 Å². The minimum Gasteiger partial charge on any atom is -0.325 e. The van der Waals surface area contributed by atoms with E-state index in [-0.39, 0.29) is 11.8 Å². The van der Waals surface area contributed by atoms with Crippen LogP contribution in [0.25, 0.3) is 0 Å². The van der Waals surface area contributed by atoms with Gasteiger partial charge in [-0.25, -0.2) is 0 Å². The Hall–Kier alpha value is -2.32. The average molecular weight is 430 g/mol.